The van der Waals surface area contributed by atoms with Crippen LogP contribution in [-0.4, -0.2) is 25.2 Å². The molecule has 1 aliphatic heterocycles. The van der Waals surface area contributed by atoms with E-state index >= 15 is 0 Å². The maximum absolute atomic E-state index is 12.5. The van der Waals surface area contributed by atoms with Crippen LogP contribution in [0.3, 0.4) is 0 Å². The third-order valence-corrected chi connectivity index (χ3v) is 5.13. The number of carbonyl (C=O) groups excluding carboxylic acids is 1. The number of hydrogen-bond donors (Lipinski definition) is 1. The molecule has 3 atom stereocenters. The van der Waals surface area contributed by atoms with Crippen molar-refractivity contribution >= 4 is 5.91 Å². The fraction of sp³-hybridized carbons (Fsp3) is 0.632. The predicted octanol–water partition coefficient (Wildman–Crippen LogP) is 3.43. The Morgan fingerprint density at radius 1 is 1.32 bits per heavy atom. The highest BCUT2D eigenvalue weighted by molar-refractivity contribution is 5.84. The highest BCUT2D eigenvalue weighted by Gasteiger charge is 2.26. The van der Waals surface area contributed by atoms with Crippen molar-refractivity contribution in [2.75, 3.05) is 13.2 Å². The summed E-state index contributed by atoms with van der Waals surface area (Å²) in [4.78, 5) is 12.5. The highest BCUT2D eigenvalue weighted by atomic mass is 16.5. The molecule has 1 aromatic carbocycles. The second-order valence-electron chi connectivity index (χ2n) is 6.80. The molecule has 1 saturated heterocycles. The normalized spacial score (nSPS) is 28.0. The number of carbonyl (C=O) groups is 1. The minimum absolute atomic E-state index is 0.0542. The van der Waals surface area contributed by atoms with E-state index in [9.17, 15) is 4.79 Å². The molecule has 120 valence electrons. The lowest BCUT2D eigenvalue weighted by atomic mass is 9.82. The van der Waals surface area contributed by atoms with E-state index in [0.717, 1.165) is 51.7 Å². The van der Waals surface area contributed by atoms with Crippen molar-refractivity contribution in [2.24, 2.45) is 5.92 Å². The molecule has 1 N–H and O–H groups in total. The molecule has 1 fully saturated rings. The van der Waals surface area contributed by atoms with Crippen LogP contribution < -0.4 is 5.32 Å². The lowest BCUT2D eigenvalue weighted by Crippen LogP contribution is -2.33. The van der Waals surface area contributed by atoms with Gasteiger partial charge in [-0.1, -0.05) is 24.3 Å². The average molecular weight is 301 g/mol. The van der Waals surface area contributed by atoms with Gasteiger partial charge in [-0.3, -0.25) is 4.79 Å². The Hall–Kier alpha value is -1.35. The fourth-order valence-electron chi connectivity index (χ4n) is 3.90. The third-order valence-electron chi connectivity index (χ3n) is 5.13. The van der Waals surface area contributed by atoms with Crippen LogP contribution in [0.2, 0.25) is 0 Å². The van der Waals surface area contributed by atoms with Crippen LogP contribution >= 0.6 is 0 Å². The number of hydrogen-bond acceptors (Lipinski definition) is 2. The molecule has 0 radical (unpaired) electrons. The van der Waals surface area contributed by atoms with Gasteiger partial charge >= 0.3 is 0 Å². The van der Waals surface area contributed by atoms with Crippen LogP contribution in [-0.2, 0) is 16.0 Å². The monoisotopic (exact) mass is 301 g/mol. The lowest BCUT2D eigenvalue weighted by molar-refractivity contribution is -0.122. The summed E-state index contributed by atoms with van der Waals surface area (Å²) in [6.45, 7) is 3.81. The van der Waals surface area contributed by atoms with Crippen LogP contribution in [0.15, 0.2) is 24.3 Å². The summed E-state index contributed by atoms with van der Waals surface area (Å²) >= 11 is 0. The molecule has 3 heteroatoms. The van der Waals surface area contributed by atoms with Gasteiger partial charge in [-0.05, 0) is 62.5 Å². The lowest BCUT2D eigenvalue weighted by Gasteiger charge is -2.28. The Kier molecular flexibility index (Phi) is 5.14. The molecule has 2 aliphatic rings. The SMILES string of the molecule is C[C@@H]1C[C@@H](CCNC(=O)[C@H]2CCCc3ccccc32)CCO1. The molecule has 0 unspecified atom stereocenters. The first-order valence-corrected chi connectivity index (χ1v) is 8.71. The summed E-state index contributed by atoms with van der Waals surface area (Å²) in [6, 6.07) is 8.41. The van der Waals surface area contributed by atoms with Gasteiger partial charge in [0.25, 0.3) is 0 Å². The molecule has 1 aliphatic carbocycles. The topological polar surface area (TPSA) is 38.3 Å². The summed E-state index contributed by atoms with van der Waals surface area (Å²) < 4.78 is 5.58. The highest BCUT2D eigenvalue weighted by Crippen LogP contribution is 2.31. The van der Waals surface area contributed by atoms with Gasteiger partial charge in [0.1, 0.15) is 0 Å². The number of amides is 1. The molecule has 22 heavy (non-hydrogen) atoms. The standard InChI is InChI=1S/C19H27NO2/c1-14-13-15(10-12-22-14)9-11-20-19(21)18-8-4-6-16-5-2-3-7-17(16)18/h2-3,5,7,14-15,18H,4,6,8-13H2,1H3,(H,20,21)/t14-,15+,18+/m1/s1. The Balaban J connectivity index is 1.50. The quantitative estimate of drug-likeness (QED) is 0.925. The van der Waals surface area contributed by atoms with Gasteiger partial charge in [0.15, 0.2) is 0 Å². The third kappa shape index (κ3) is 3.70. The molecule has 1 heterocycles. The zero-order chi connectivity index (χ0) is 15.4. The summed E-state index contributed by atoms with van der Waals surface area (Å²) in [5, 5.41) is 3.18. The zero-order valence-electron chi connectivity index (χ0n) is 13.5. The second kappa shape index (κ2) is 7.28. The summed E-state index contributed by atoms with van der Waals surface area (Å²) in [5.74, 6) is 0.966. The molecule has 1 amide bonds. The van der Waals surface area contributed by atoms with Gasteiger partial charge in [-0.15, -0.1) is 0 Å². The number of aryl methyl sites for hydroxylation is 1. The van der Waals surface area contributed by atoms with E-state index in [2.05, 4.69) is 30.4 Å². The number of nitrogens with one attached hydrogen (secondary N) is 1. The summed E-state index contributed by atoms with van der Waals surface area (Å²) in [6.07, 6.45) is 6.92. The summed E-state index contributed by atoms with van der Waals surface area (Å²) in [5.41, 5.74) is 2.60. The van der Waals surface area contributed by atoms with Gasteiger partial charge in [0.2, 0.25) is 5.91 Å². The number of fused-ring (bicyclic) bond motifs is 1. The van der Waals surface area contributed by atoms with Crippen LogP contribution in [0, 0.1) is 5.92 Å². The Morgan fingerprint density at radius 3 is 3.05 bits per heavy atom. The first-order valence-electron chi connectivity index (χ1n) is 8.71. The van der Waals surface area contributed by atoms with E-state index in [0.29, 0.717) is 12.0 Å². The van der Waals surface area contributed by atoms with Gasteiger partial charge in [-0.25, -0.2) is 0 Å². The van der Waals surface area contributed by atoms with Crippen LogP contribution in [0.5, 0.6) is 0 Å². The minimum Gasteiger partial charge on any atom is -0.378 e. The van der Waals surface area contributed by atoms with E-state index in [4.69, 9.17) is 4.74 Å². The molecular formula is C19H27NO2. The van der Waals surface area contributed by atoms with Gasteiger partial charge in [0, 0.05) is 13.2 Å². The second-order valence-corrected chi connectivity index (χ2v) is 6.80. The van der Waals surface area contributed by atoms with Crippen LogP contribution in [0.4, 0.5) is 0 Å². The smallest absolute Gasteiger partial charge is 0.227 e. The van der Waals surface area contributed by atoms with E-state index < -0.39 is 0 Å². The Morgan fingerprint density at radius 2 is 2.18 bits per heavy atom. The number of ether oxygens (including phenoxy) is 1. The molecule has 3 rings (SSSR count). The van der Waals surface area contributed by atoms with Crippen molar-refractivity contribution in [3.05, 3.63) is 35.4 Å². The largest absolute Gasteiger partial charge is 0.378 e. The van der Waals surface area contributed by atoms with Gasteiger partial charge < -0.3 is 10.1 Å². The fourth-order valence-corrected chi connectivity index (χ4v) is 3.90. The summed E-state index contributed by atoms with van der Waals surface area (Å²) in [7, 11) is 0. The van der Waals surface area contributed by atoms with Crippen molar-refractivity contribution in [3.8, 4) is 0 Å². The molecular weight excluding hydrogens is 274 g/mol. The van der Waals surface area contributed by atoms with Crippen LogP contribution in [0.1, 0.15) is 56.1 Å². The average Bonchev–Trinajstić information content (AvgIpc) is 2.54. The zero-order valence-corrected chi connectivity index (χ0v) is 13.5. The maximum atomic E-state index is 12.5. The Labute approximate surface area is 133 Å². The molecule has 0 bridgehead atoms. The molecule has 0 saturated carbocycles. The van der Waals surface area contributed by atoms with Crippen LogP contribution in [0.25, 0.3) is 0 Å². The van der Waals surface area contributed by atoms with E-state index in [1.165, 1.54) is 11.1 Å². The van der Waals surface area contributed by atoms with Crippen molar-refractivity contribution in [1.82, 2.24) is 5.32 Å². The van der Waals surface area contributed by atoms with E-state index in [1.807, 2.05) is 6.07 Å². The first kappa shape index (κ1) is 15.5. The molecule has 0 aromatic heterocycles. The van der Waals surface area contributed by atoms with Crippen molar-refractivity contribution in [2.45, 2.75) is 57.5 Å². The predicted molar refractivity (Wildman–Crippen MR) is 87.9 cm³/mol. The van der Waals surface area contributed by atoms with Crippen molar-refractivity contribution < 1.29 is 9.53 Å². The minimum atomic E-state index is 0.0542. The van der Waals surface area contributed by atoms with Crippen molar-refractivity contribution in [3.63, 3.8) is 0 Å². The molecule has 0 spiro atoms. The molecule has 1 aromatic rings. The molecule has 3 nitrogen and oxygen atoms in total. The number of rotatable bonds is 4. The number of benzene rings is 1. The first-order chi connectivity index (χ1) is 10.7. The maximum Gasteiger partial charge on any atom is 0.227 e. The van der Waals surface area contributed by atoms with Gasteiger partial charge in [0.05, 0.1) is 12.0 Å². The van der Waals surface area contributed by atoms with E-state index in [1.54, 1.807) is 0 Å². The van der Waals surface area contributed by atoms with Gasteiger partial charge in [-0.2, -0.15) is 0 Å². The van der Waals surface area contributed by atoms with Crippen molar-refractivity contribution in [1.29, 1.82) is 0 Å². The Bertz CT molecular complexity index is 514. The van der Waals surface area contributed by atoms with E-state index in [-0.39, 0.29) is 11.8 Å².